The van der Waals surface area contributed by atoms with Crippen molar-refractivity contribution in [3.63, 3.8) is 0 Å². The number of aryl methyl sites for hydroxylation is 1. The number of piperidine rings is 1. The van der Waals surface area contributed by atoms with Gasteiger partial charge in [0.1, 0.15) is 11.9 Å². The number of hydrogen-bond donors (Lipinski definition) is 6. The number of pyridine rings is 1. The maximum absolute atomic E-state index is 13.0. The van der Waals surface area contributed by atoms with Crippen LogP contribution in [-0.2, 0) is 22.5 Å². The molecule has 2 amide bonds. The number of fused-ring (bicyclic) bond motifs is 1. The number of H-pyrrole nitrogens is 1. The molecule has 2 heterocycles. The van der Waals surface area contributed by atoms with E-state index in [1.54, 1.807) is 12.1 Å². The summed E-state index contributed by atoms with van der Waals surface area (Å²) in [6, 6.07) is 27.6. The van der Waals surface area contributed by atoms with E-state index in [4.69, 9.17) is 4.74 Å². The number of hydrogen-bond acceptors (Lipinski definition) is 7. The Balaban J connectivity index is 0.995. The van der Waals surface area contributed by atoms with E-state index in [1.165, 1.54) is 12.1 Å². The molecule has 1 aromatic heterocycles. The minimum atomic E-state index is -0.878. The third kappa shape index (κ3) is 10.1. The highest BCUT2D eigenvalue weighted by atomic mass is 79.9. The van der Waals surface area contributed by atoms with E-state index in [2.05, 4.69) is 51.0 Å². The summed E-state index contributed by atoms with van der Waals surface area (Å²) in [5, 5.41) is 30.8. The van der Waals surface area contributed by atoms with Crippen LogP contribution in [0.3, 0.4) is 0 Å². The van der Waals surface area contributed by atoms with Crippen molar-refractivity contribution in [2.24, 2.45) is 0 Å². The molecule has 6 rings (SSSR count). The third-order valence-electron chi connectivity index (χ3n) is 9.92. The van der Waals surface area contributed by atoms with E-state index in [9.17, 15) is 24.6 Å². The summed E-state index contributed by atoms with van der Waals surface area (Å²) in [7, 11) is 4.39. The first-order chi connectivity index (χ1) is 25.9. The molecular formula is C42H47BrN5O6+. The van der Waals surface area contributed by atoms with Gasteiger partial charge in [-0.15, -0.1) is 0 Å². The molecule has 0 radical (unpaired) electrons. The summed E-state index contributed by atoms with van der Waals surface area (Å²) in [6.45, 7) is 2.63. The predicted molar refractivity (Wildman–Crippen MR) is 215 cm³/mol. The number of aromatic hydroxyl groups is 1. The van der Waals surface area contributed by atoms with Gasteiger partial charge in [0.15, 0.2) is 0 Å². The Hall–Kier alpha value is -5.01. The van der Waals surface area contributed by atoms with Crippen LogP contribution in [0.25, 0.3) is 22.0 Å². The number of aromatic nitrogens is 1. The van der Waals surface area contributed by atoms with Crippen LogP contribution in [0.4, 0.5) is 16.2 Å². The van der Waals surface area contributed by atoms with E-state index in [1.807, 2.05) is 66.7 Å². The smallest absolute Gasteiger partial charge is 0.411 e. The molecular weight excluding hydrogens is 750 g/mol. The Morgan fingerprint density at radius 1 is 0.963 bits per heavy atom. The van der Waals surface area contributed by atoms with Crippen LogP contribution in [0.5, 0.6) is 5.75 Å². The lowest BCUT2D eigenvalue weighted by Gasteiger charge is -2.36. The fourth-order valence-electron chi connectivity index (χ4n) is 6.82. The van der Waals surface area contributed by atoms with Crippen molar-refractivity contribution in [2.75, 3.05) is 44.4 Å². The largest absolute Gasteiger partial charge is 0.506 e. The Labute approximate surface area is 323 Å². The van der Waals surface area contributed by atoms with Gasteiger partial charge in [-0.1, -0.05) is 70.5 Å². The quantitative estimate of drug-likeness (QED) is 0.0688. The zero-order chi connectivity index (χ0) is 38.2. The number of aromatic amines is 1. The van der Waals surface area contributed by atoms with E-state index in [0.29, 0.717) is 48.1 Å². The number of halogens is 1. The van der Waals surface area contributed by atoms with Crippen LogP contribution in [0.2, 0.25) is 0 Å². The molecule has 0 aliphatic carbocycles. The number of carbonyl (C=O) groups excluding carboxylic acids is 2. The summed E-state index contributed by atoms with van der Waals surface area (Å²) in [5.41, 5.74) is 5.72. The van der Waals surface area contributed by atoms with Gasteiger partial charge in [-0.3, -0.25) is 14.9 Å². The second-order valence-corrected chi connectivity index (χ2v) is 15.4. The van der Waals surface area contributed by atoms with E-state index in [-0.39, 0.29) is 35.4 Å². The van der Waals surface area contributed by atoms with Crippen LogP contribution < -0.4 is 21.5 Å². The van der Waals surface area contributed by atoms with Crippen molar-refractivity contribution in [1.29, 1.82) is 0 Å². The minimum absolute atomic E-state index is 0.0585. The Morgan fingerprint density at radius 2 is 1.74 bits per heavy atom. The molecule has 1 aliphatic heterocycles. The molecule has 1 atom stereocenters. The van der Waals surface area contributed by atoms with Crippen molar-refractivity contribution >= 4 is 50.2 Å². The fourth-order valence-corrected chi connectivity index (χ4v) is 7.34. The molecule has 1 aliphatic rings. The second kappa shape index (κ2) is 17.4. The van der Waals surface area contributed by atoms with Crippen molar-refractivity contribution in [3.8, 4) is 16.9 Å². The third-order valence-corrected chi connectivity index (χ3v) is 10.7. The number of phenols is 1. The number of likely N-dealkylation sites (tertiary alicyclic amines) is 1. The van der Waals surface area contributed by atoms with Crippen LogP contribution in [-0.4, -0.2) is 71.5 Å². The molecule has 0 unspecified atom stereocenters. The number of nitrogens with zero attached hydrogens (tertiary/aromatic N) is 1. The lowest BCUT2D eigenvalue weighted by atomic mass is 9.99. The highest BCUT2D eigenvalue weighted by molar-refractivity contribution is 9.10. The van der Waals surface area contributed by atoms with Gasteiger partial charge in [0.2, 0.25) is 11.5 Å². The normalized spacial score (nSPS) is 14.7. The van der Waals surface area contributed by atoms with Gasteiger partial charge in [-0.25, -0.2) is 4.79 Å². The van der Waals surface area contributed by atoms with Gasteiger partial charge in [-0.05, 0) is 65.4 Å². The Morgan fingerprint density at radius 3 is 2.50 bits per heavy atom. The van der Waals surface area contributed by atoms with Crippen molar-refractivity contribution in [1.82, 2.24) is 10.3 Å². The number of amides is 2. The molecule has 11 nitrogen and oxygen atoms in total. The number of benzene rings is 4. The summed E-state index contributed by atoms with van der Waals surface area (Å²) in [4.78, 5) is 40.3. The Kier molecular flexibility index (Phi) is 12.5. The molecule has 0 bridgehead atoms. The minimum Gasteiger partial charge on any atom is -0.506 e. The maximum atomic E-state index is 13.0. The van der Waals surface area contributed by atoms with Crippen LogP contribution in [0, 0.1) is 0 Å². The van der Waals surface area contributed by atoms with Crippen molar-refractivity contribution in [2.45, 2.75) is 50.9 Å². The molecule has 1 saturated heterocycles. The molecule has 5 aromatic rings. The molecule has 6 N–H and O–H groups in total. The number of quaternary nitrogens is 1. The number of ether oxygens (including phenoxy) is 1. The number of anilines is 2. The first-order valence-electron chi connectivity index (χ1n) is 18.2. The van der Waals surface area contributed by atoms with Gasteiger partial charge in [-0.2, -0.15) is 0 Å². The molecule has 1 fully saturated rings. The first-order valence-corrected chi connectivity index (χ1v) is 19.0. The van der Waals surface area contributed by atoms with Gasteiger partial charge in [0.25, 0.3) is 0 Å². The number of carbonyl (C=O) groups is 2. The highest BCUT2D eigenvalue weighted by Crippen LogP contribution is 2.31. The van der Waals surface area contributed by atoms with Gasteiger partial charge in [0.05, 0.1) is 44.5 Å². The number of aliphatic hydroxyl groups excluding tert-OH is 1. The van der Waals surface area contributed by atoms with Crippen LogP contribution in [0.15, 0.2) is 100 Å². The van der Waals surface area contributed by atoms with E-state index >= 15 is 0 Å². The number of rotatable bonds is 13. The molecule has 54 heavy (non-hydrogen) atoms. The van der Waals surface area contributed by atoms with E-state index < -0.39 is 12.2 Å². The number of aliphatic hydroxyl groups is 1. The van der Waals surface area contributed by atoms with Crippen LogP contribution in [0.1, 0.15) is 48.5 Å². The number of phenolic OH excluding ortho intramolecular Hbond substituents is 1. The van der Waals surface area contributed by atoms with Gasteiger partial charge in [0, 0.05) is 59.5 Å². The fraction of sp³-hybridized carbons (Fsp3) is 0.310. The average molecular weight is 798 g/mol. The van der Waals surface area contributed by atoms with Gasteiger partial charge < -0.3 is 35.1 Å². The SMILES string of the molecule is C[N+]1(C)CCC(OC(=O)Nc2cc(CCCC(=O)Nc3ccc(CNC[C@@H](O)c4ccc(O)c5[nH]c(=O)ccc45)c(Br)c3)ccc2-c2ccccc2)CC1. The lowest BCUT2D eigenvalue weighted by Crippen LogP contribution is -2.48. The monoisotopic (exact) mass is 796 g/mol. The molecule has 0 spiro atoms. The van der Waals surface area contributed by atoms with Crippen molar-refractivity contribution in [3.05, 3.63) is 123 Å². The summed E-state index contributed by atoms with van der Waals surface area (Å²) < 4.78 is 7.56. The molecule has 282 valence electrons. The summed E-state index contributed by atoms with van der Waals surface area (Å²) in [6.07, 6.45) is 1.84. The summed E-state index contributed by atoms with van der Waals surface area (Å²) >= 11 is 3.60. The van der Waals surface area contributed by atoms with Crippen molar-refractivity contribution < 1.29 is 29.0 Å². The molecule has 0 saturated carbocycles. The zero-order valence-electron chi connectivity index (χ0n) is 30.5. The molecule has 4 aromatic carbocycles. The van der Waals surface area contributed by atoms with E-state index in [0.717, 1.165) is 57.1 Å². The Bertz CT molecular complexity index is 2160. The average Bonchev–Trinajstić information content (AvgIpc) is 3.14. The molecule has 12 heteroatoms. The predicted octanol–water partition coefficient (Wildman–Crippen LogP) is 7.24. The maximum Gasteiger partial charge on any atom is 0.411 e. The standard InChI is InChI=1S/C42H46BrN5O6/c1-48(2)21-19-31(20-22-48)54-42(53)46-36-23-27(11-14-32(36)28-8-4-3-5-9-28)7-6-10-39(51)45-30-13-12-29(35(43)24-30)25-44-26-38(50)33-15-17-37(49)41-34(33)16-18-40(52)47-41/h3-5,8-9,11-18,23-24,31,38,44,50H,6-7,10,19-22,25-26H2,1-2H3,(H3-,45,46,47,49,51,52,53)/p+1/t38-/m1/s1. The van der Waals surface area contributed by atoms with Crippen LogP contribution >= 0.6 is 15.9 Å². The second-order valence-electron chi connectivity index (χ2n) is 14.5. The number of nitrogens with one attached hydrogen (secondary N) is 4. The van der Waals surface area contributed by atoms with Gasteiger partial charge >= 0.3 is 6.09 Å². The zero-order valence-corrected chi connectivity index (χ0v) is 32.1. The topological polar surface area (TPSA) is 153 Å². The lowest BCUT2D eigenvalue weighted by molar-refractivity contribution is -0.896. The summed E-state index contributed by atoms with van der Waals surface area (Å²) in [5.74, 6) is -0.160. The first kappa shape index (κ1) is 38.7. The highest BCUT2D eigenvalue weighted by Gasteiger charge is 2.28.